The summed E-state index contributed by atoms with van der Waals surface area (Å²) in [6.07, 6.45) is 1.87. The number of nitrogens with zero attached hydrogens (tertiary/aromatic N) is 1. The topological polar surface area (TPSA) is 60.0 Å². The summed E-state index contributed by atoms with van der Waals surface area (Å²) in [5.41, 5.74) is 1.03. The van der Waals surface area contributed by atoms with Gasteiger partial charge < -0.3 is 24.4 Å². The van der Waals surface area contributed by atoms with Gasteiger partial charge in [0.25, 0.3) is 0 Å². The van der Waals surface area contributed by atoms with Crippen LogP contribution in [0.2, 0.25) is 0 Å². The van der Waals surface area contributed by atoms with Crippen molar-refractivity contribution in [1.29, 1.82) is 0 Å². The Kier molecular flexibility index (Phi) is 6.07. The van der Waals surface area contributed by atoms with Gasteiger partial charge in [0.05, 0.1) is 19.3 Å². The second-order valence-corrected chi connectivity index (χ2v) is 6.17. The summed E-state index contributed by atoms with van der Waals surface area (Å²) >= 11 is 0. The molecular weight excluding hydrogens is 308 g/mol. The molecule has 2 heterocycles. The number of nitrogens with one attached hydrogen (secondary N) is 1. The molecule has 1 amide bonds. The van der Waals surface area contributed by atoms with Gasteiger partial charge >= 0.3 is 0 Å². The molecule has 3 rings (SSSR count). The summed E-state index contributed by atoms with van der Waals surface area (Å²) in [5.74, 6) is 0.855. The Balaban J connectivity index is 1.66. The zero-order chi connectivity index (χ0) is 16.8. The van der Waals surface area contributed by atoms with E-state index >= 15 is 0 Å². The van der Waals surface area contributed by atoms with E-state index in [1.165, 1.54) is 0 Å². The first-order valence-corrected chi connectivity index (χ1v) is 8.62. The minimum Gasteiger partial charge on any atom is -0.496 e. The normalized spacial score (nSPS) is 22.4. The van der Waals surface area contributed by atoms with Crippen molar-refractivity contribution < 1.29 is 19.0 Å². The van der Waals surface area contributed by atoms with Crippen LogP contribution in [0, 0.1) is 0 Å². The van der Waals surface area contributed by atoms with E-state index in [0.29, 0.717) is 6.54 Å². The van der Waals surface area contributed by atoms with E-state index in [1.54, 1.807) is 7.11 Å². The van der Waals surface area contributed by atoms with Gasteiger partial charge in [-0.2, -0.15) is 0 Å². The van der Waals surface area contributed by atoms with E-state index in [-0.39, 0.29) is 24.7 Å². The van der Waals surface area contributed by atoms with Crippen molar-refractivity contribution in [2.45, 2.75) is 25.0 Å². The lowest BCUT2D eigenvalue weighted by molar-refractivity contribution is -0.143. The predicted octanol–water partition coefficient (Wildman–Crippen LogP) is 1.36. The van der Waals surface area contributed by atoms with Crippen molar-refractivity contribution >= 4 is 5.91 Å². The van der Waals surface area contributed by atoms with Gasteiger partial charge in [-0.25, -0.2) is 0 Å². The van der Waals surface area contributed by atoms with Gasteiger partial charge in [-0.1, -0.05) is 18.2 Å². The Bertz CT molecular complexity index is 546. The molecule has 0 saturated carbocycles. The fourth-order valence-electron chi connectivity index (χ4n) is 3.34. The second-order valence-electron chi connectivity index (χ2n) is 6.17. The van der Waals surface area contributed by atoms with Crippen LogP contribution in [0.1, 0.15) is 24.4 Å². The highest BCUT2D eigenvalue weighted by molar-refractivity contribution is 5.78. The van der Waals surface area contributed by atoms with E-state index in [0.717, 1.165) is 50.5 Å². The first-order valence-electron chi connectivity index (χ1n) is 8.62. The number of piperazine rings is 1. The number of carbonyl (C=O) groups excluding carboxylic acids is 1. The lowest BCUT2D eigenvalue weighted by Crippen LogP contribution is -2.50. The summed E-state index contributed by atoms with van der Waals surface area (Å²) in [5, 5.41) is 3.37. The summed E-state index contributed by atoms with van der Waals surface area (Å²) in [6, 6.07) is 7.86. The van der Waals surface area contributed by atoms with Crippen LogP contribution in [-0.4, -0.2) is 63.5 Å². The summed E-state index contributed by atoms with van der Waals surface area (Å²) in [4.78, 5) is 14.6. The Hall–Kier alpha value is -1.63. The van der Waals surface area contributed by atoms with Gasteiger partial charge in [-0.15, -0.1) is 0 Å². The van der Waals surface area contributed by atoms with E-state index in [2.05, 4.69) is 5.32 Å². The van der Waals surface area contributed by atoms with Crippen LogP contribution in [0.5, 0.6) is 5.75 Å². The third kappa shape index (κ3) is 4.06. The van der Waals surface area contributed by atoms with Crippen LogP contribution in [-0.2, 0) is 14.3 Å². The number of benzene rings is 1. The number of amides is 1. The highest BCUT2D eigenvalue weighted by atomic mass is 16.5. The average molecular weight is 334 g/mol. The lowest BCUT2D eigenvalue weighted by Gasteiger charge is -2.37. The molecule has 24 heavy (non-hydrogen) atoms. The predicted molar refractivity (Wildman–Crippen MR) is 90.1 cm³/mol. The van der Waals surface area contributed by atoms with Gasteiger partial charge in [0.15, 0.2) is 0 Å². The first-order chi connectivity index (χ1) is 11.8. The monoisotopic (exact) mass is 334 g/mol. The molecule has 1 aromatic rings. The molecule has 6 nitrogen and oxygen atoms in total. The molecule has 132 valence electrons. The molecule has 2 aliphatic heterocycles. The van der Waals surface area contributed by atoms with Crippen molar-refractivity contribution in [2.24, 2.45) is 0 Å². The van der Waals surface area contributed by atoms with Crippen LogP contribution >= 0.6 is 0 Å². The average Bonchev–Trinajstić information content (AvgIpc) is 2.67. The molecule has 1 atom stereocenters. The molecule has 0 spiro atoms. The highest BCUT2D eigenvalue weighted by Crippen LogP contribution is 2.30. The minimum atomic E-state index is -0.0271. The summed E-state index contributed by atoms with van der Waals surface area (Å²) in [6.45, 7) is 3.78. The van der Waals surface area contributed by atoms with Crippen molar-refractivity contribution in [3.8, 4) is 5.75 Å². The Morgan fingerprint density at radius 2 is 2.12 bits per heavy atom. The minimum absolute atomic E-state index is 0.0271. The molecule has 0 bridgehead atoms. The van der Waals surface area contributed by atoms with E-state index in [1.807, 2.05) is 29.2 Å². The number of para-hydroxylation sites is 1. The smallest absolute Gasteiger partial charge is 0.249 e. The maximum absolute atomic E-state index is 12.7. The lowest BCUT2D eigenvalue weighted by atomic mass is 10.0. The van der Waals surface area contributed by atoms with Crippen molar-refractivity contribution in [3.63, 3.8) is 0 Å². The molecule has 0 radical (unpaired) electrons. The molecular formula is C18H26N2O4. The van der Waals surface area contributed by atoms with Crippen LogP contribution < -0.4 is 10.1 Å². The number of methoxy groups -OCH3 is 1. The fourth-order valence-corrected chi connectivity index (χ4v) is 3.34. The van der Waals surface area contributed by atoms with E-state index in [9.17, 15) is 4.79 Å². The molecule has 1 aromatic carbocycles. The van der Waals surface area contributed by atoms with Crippen LogP contribution in [0.3, 0.4) is 0 Å². The number of hydrogen-bond acceptors (Lipinski definition) is 5. The van der Waals surface area contributed by atoms with Gasteiger partial charge in [0.2, 0.25) is 5.91 Å². The maximum atomic E-state index is 12.7. The van der Waals surface area contributed by atoms with Gasteiger partial charge in [-0.05, 0) is 18.9 Å². The quantitative estimate of drug-likeness (QED) is 0.881. The maximum Gasteiger partial charge on any atom is 0.249 e. The van der Waals surface area contributed by atoms with Crippen LogP contribution in [0.4, 0.5) is 0 Å². The summed E-state index contributed by atoms with van der Waals surface area (Å²) < 4.78 is 16.6. The largest absolute Gasteiger partial charge is 0.496 e. The van der Waals surface area contributed by atoms with E-state index in [4.69, 9.17) is 14.2 Å². The molecule has 1 unspecified atom stereocenters. The third-order valence-electron chi connectivity index (χ3n) is 4.67. The van der Waals surface area contributed by atoms with Crippen molar-refractivity contribution in [3.05, 3.63) is 29.8 Å². The number of rotatable bonds is 5. The number of hydrogen-bond donors (Lipinski definition) is 1. The Morgan fingerprint density at radius 3 is 2.92 bits per heavy atom. The van der Waals surface area contributed by atoms with Crippen LogP contribution in [0.25, 0.3) is 0 Å². The molecule has 1 N–H and O–H groups in total. The Morgan fingerprint density at radius 1 is 1.33 bits per heavy atom. The van der Waals surface area contributed by atoms with Gasteiger partial charge in [0.1, 0.15) is 12.4 Å². The molecule has 2 fully saturated rings. The third-order valence-corrected chi connectivity index (χ3v) is 4.67. The van der Waals surface area contributed by atoms with Gasteiger partial charge in [0, 0.05) is 38.4 Å². The summed E-state index contributed by atoms with van der Waals surface area (Å²) in [7, 11) is 1.66. The molecule has 6 heteroatoms. The van der Waals surface area contributed by atoms with Crippen LogP contribution in [0.15, 0.2) is 24.3 Å². The molecule has 2 saturated heterocycles. The molecule has 0 aliphatic carbocycles. The molecule has 0 aromatic heterocycles. The zero-order valence-corrected chi connectivity index (χ0v) is 14.2. The van der Waals surface area contributed by atoms with Crippen molar-refractivity contribution in [2.75, 3.05) is 46.6 Å². The highest BCUT2D eigenvalue weighted by Gasteiger charge is 2.30. The Labute approximate surface area is 143 Å². The first kappa shape index (κ1) is 17.2. The van der Waals surface area contributed by atoms with Crippen molar-refractivity contribution in [1.82, 2.24) is 10.2 Å². The molecule has 2 aliphatic rings. The zero-order valence-electron chi connectivity index (χ0n) is 14.2. The van der Waals surface area contributed by atoms with E-state index < -0.39 is 0 Å². The number of ether oxygens (including phenoxy) is 3. The fraction of sp³-hybridized carbons (Fsp3) is 0.611. The second kappa shape index (κ2) is 8.46. The number of carbonyl (C=O) groups is 1. The standard InChI is InChI=1S/C18H26N2O4/c1-22-17-5-3-2-4-15(17)16-12-19-8-9-20(16)18(21)13-24-14-6-10-23-11-7-14/h2-5,14,16,19H,6-13H2,1H3. The van der Waals surface area contributed by atoms with Gasteiger partial charge in [-0.3, -0.25) is 4.79 Å². The SMILES string of the molecule is COc1ccccc1C1CNCCN1C(=O)COC1CCOCC1.